The van der Waals surface area contributed by atoms with Gasteiger partial charge in [0.2, 0.25) is 0 Å². The van der Waals surface area contributed by atoms with Crippen LogP contribution in [0.5, 0.6) is 0 Å². The highest BCUT2D eigenvalue weighted by atomic mass is 79.9. The maximum absolute atomic E-state index is 11.8. The maximum Gasteiger partial charge on any atom is 0.403 e. The predicted molar refractivity (Wildman–Crippen MR) is 44.4 cm³/mol. The molecule has 74 valence electrons. The Kier molecular flexibility index (Phi) is 5.16. The molecule has 0 saturated heterocycles. The van der Waals surface area contributed by atoms with E-state index in [1.165, 1.54) is 0 Å². The Hall–Kier alpha value is 0.230. The first-order valence-electron chi connectivity index (χ1n) is 3.62. The maximum atomic E-state index is 11.8. The summed E-state index contributed by atoms with van der Waals surface area (Å²) >= 11 is 2.50. The van der Waals surface area contributed by atoms with Crippen LogP contribution in [0.25, 0.3) is 0 Å². The Balaban J connectivity index is 3.51. The van der Waals surface area contributed by atoms with Crippen molar-refractivity contribution < 1.29 is 17.9 Å². The van der Waals surface area contributed by atoms with E-state index in [1.807, 2.05) is 13.8 Å². The molecular formula is C7H12BrF3O. The topological polar surface area (TPSA) is 9.23 Å². The van der Waals surface area contributed by atoms with Gasteiger partial charge in [-0.2, -0.15) is 13.2 Å². The van der Waals surface area contributed by atoms with Crippen molar-refractivity contribution in [1.29, 1.82) is 0 Å². The molecule has 0 radical (unpaired) electrons. The lowest BCUT2D eigenvalue weighted by Gasteiger charge is -2.14. The van der Waals surface area contributed by atoms with Gasteiger partial charge in [0.15, 0.2) is 0 Å². The van der Waals surface area contributed by atoms with E-state index in [2.05, 4.69) is 15.9 Å². The Morgan fingerprint density at radius 1 is 1.25 bits per heavy atom. The molecular weight excluding hydrogens is 237 g/mol. The van der Waals surface area contributed by atoms with Gasteiger partial charge in [-0.1, -0.05) is 29.8 Å². The molecule has 0 aliphatic heterocycles. The highest BCUT2D eigenvalue weighted by Crippen LogP contribution is 2.26. The third-order valence-electron chi connectivity index (χ3n) is 1.07. The molecule has 0 spiro atoms. The second-order valence-electron chi connectivity index (χ2n) is 2.94. The molecule has 0 aliphatic rings. The average Bonchev–Trinajstić information content (AvgIpc) is 1.84. The van der Waals surface area contributed by atoms with Gasteiger partial charge in [-0.05, 0) is 5.92 Å². The summed E-state index contributed by atoms with van der Waals surface area (Å²) in [5.41, 5.74) is 0. The van der Waals surface area contributed by atoms with Crippen LogP contribution in [0.3, 0.4) is 0 Å². The molecule has 1 unspecified atom stereocenters. The highest BCUT2D eigenvalue weighted by Gasteiger charge is 2.37. The number of hydrogen-bond acceptors (Lipinski definition) is 1. The van der Waals surface area contributed by atoms with Crippen molar-refractivity contribution in [3.05, 3.63) is 0 Å². The summed E-state index contributed by atoms with van der Waals surface area (Å²) in [5, 5.41) is 0. The summed E-state index contributed by atoms with van der Waals surface area (Å²) in [7, 11) is 0. The SMILES string of the molecule is CC(C)COCC(Br)C(F)(F)F. The van der Waals surface area contributed by atoms with Crippen LogP contribution in [0.2, 0.25) is 0 Å². The van der Waals surface area contributed by atoms with E-state index >= 15 is 0 Å². The molecule has 5 heteroatoms. The Morgan fingerprint density at radius 3 is 2.08 bits per heavy atom. The zero-order valence-electron chi connectivity index (χ0n) is 6.99. The van der Waals surface area contributed by atoms with Crippen molar-refractivity contribution in [3.8, 4) is 0 Å². The van der Waals surface area contributed by atoms with Crippen molar-refractivity contribution in [2.75, 3.05) is 13.2 Å². The number of hydrogen-bond donors (Lipinski definition) is 0. The number of rotatable bonds is 4. The molecule has 0 bridgehead atoms. The standard InChI is InChI=1S/C7H12BrF3O/c1-5(2)3-12-4-6(8)7(9,10)11/h5-6H,3-4H2,1-2H3. The molecule has 1 atom stereocenters. The van der Waals surface area contributed by atoms with Crippen LogP contribution in [0.15, 0.2) is 0 Å². The quantitative estimate of drug-likeness (QED) is 0.696. The van der Waals surface area contributed by atoms with E-state index in [4.69, 9.17) is 4.74 Å². The van der Waals surface area contributed by atoms with Gasteiger partial charge in [0.1, 0.15) is 4.83 Å². The third kappa shape index (κ3) is 5.83. The van der Waals surface area contributed by atoms with E-state index in [0.717, 1.165) is 0 Å². The minimum Gasteiger partial charge on any atom is -0.380 e. The van der Waals surface area contributed by atoms with Gasteiger partial charge < -0.3 is 4.74 Å². The monoisotopic (exact) mass is 248 g/mol. The Labute approximate surface area is 78.4 Å². The molecule has 0 saturated carbocycles. The lowest BCUT2D eigenvalue weighted by atomic mass is 10.2. The molecule has 0 aromatic carbocycles. The summed E-state index contributed by atoms with van der Waals surface area (Å²) in [6.07, 6.45) is -4.21. The molecule has 0 aliphatic carbocycles. The normalized spacial score (nSPS) is 15.2. The summed E-state index contributed by atoms with van der Waals surface area (Å²) in [6, 6.07) is 0. The molecule has 0 heterocycles. The first kappa shape index (κ1) is 12.2. The van der Waals surface area contributed by atoms with Gasteiger partial charge in [0.25, 0.3) is 0 Å². The van der Waals surface area contributed by atoms with Gasteiger partial charge in [0.05, 0.1) is 6.61 Å². The van der Waals surface area contributed by atoms with Crippen LogP contribution in [-0.4, -0.2) is 24.2 Å². The van der Waals surface area contributed by atoms with Crippen molar-refractivity contribution in [1.82, 2.24) is 0 Å². The predicted octanol–water partition coefficient (Wildman–Crippen LogP) is 2.98. The molecule has 12 heavy (non-hydrogen) atoms. The fourth-order valence-corrected chi connectivity index (χ4v) is 0.689. The third-order valence-corrected chi connectivity index (χ3v) is 1.85. The molecule has 0 aromatic rings. The van der Waals surface area contributed by atoms with Crippen LogP contribution >= 0.6 is 15.9 Å². The van der Waals surface area contributed by atoms with Crippen LogP contribution in [0, 0.1) is 5.92 Å². The fraction of sp³-hybridized carbons (Fsp3) is 1.00. The second kappa shape index (κ2) is 5.07. The van der Waals surface area contributed by atoms with Gasteiger partial charge in [-0.3, -0.25) is 0 Å². The number of halogens is 4. The molecule has 0 rings (SSSR count). The average molecular weight is 249 g/mol. The smallest absolute Gasteiger partial charge is 0.380 e. The van der Waals surface area contributed by atoms with Gasteiger partial charge in [0, 0.05) is 6.61 Å². The molecule has 1 nitrogen and oxygen atoms in total. The Morgan fingerprint density at radius 2 is 1.75 bits per heavy atom. The van der Waals surface area contributed by atoms with Crippen LogP contribution in [0.1, 0.15) is 13.8 Å². The Bertz CT molecular complexity index is 124. The lowest BCUT2D eigenvalue weighted by molar-refractivity contribution is -0.138. The summed E-state index contributed by atoms with van der Waals surface area (Å²) in [6.45, 7) is 3.81. The minimum atomic E-state index is -4.21. The molecule has 0 N–H and O–H groups in total. The van der Waals surface area contributed by atoms with E-state index in [-0.39, 0.29) is 12.5 Å². The largest absolute Gasteiger partial charge is 0.403 e. The van der Waals surface area contributed by atoms with E-state index in [1.54, 1.807) is 0 Å². The van der Waals surface area contributed by atoms with E-state index in [0.29, 0.717) is 6.61 Å². The second-order valence-corrected chi connectivity index (χ2v) is 4.05. The van der Waals surface area contributed by atoms with Crippen LogP contribution < -0.4 is 0 Å². The zero-order valence-corrected chi connectivity index (χ0v) is 8.58. The van der Waals surface area contributed by atoms with Crippen LogP contribution in [0.4, 0.5) is 13.2 Å². The van der Waals surface area contributed by atoms with Crippen molar-refractivity contribution in [3.63, 3.8) is 0 Å². The van der Waals surface area contributed by atoms with E-state index in [9.17, 15) is 13.2 Å². The number of ether oxygens (including phenoxy) is 1. The molecule has 0 amide bonds. The number of alkyl halides is 4. The zero-order chi connectivity index (χ0) is 9.78. The summed E-state index contributed by atoms with van der Waals surface area (Å²) in [4.78, 5) is -1.55. The minimum absolute atomic E-state index is 0.262. The van der Waals surface area contributed by atoms with Crippen molar-refractivity contribution in [2.45, 2.75) is 24.9 Å². The van der Waals surface area contributed by atoms with Gasteiger partial charge >= 0.3 is 6.18 Å². The fourth-order valence-electron chi connectivity index (χ4n) is 0.502. The highest BCUT2D eigenvalue weighted by molar-refractivity contribution is 9.09. The van der Waals surface area contributed by atoms with Crippen LogP contribution in [-0.2, 0) is 4.74 Å². The summed E-state index contributed by atoms with van der Waals surface area (Å²) < 4.78 is 40.4. The van der Waals surface area contributed by atoms with Gasteiger partial charge in [-0.25, -0.2) is 0 Å². The van der Waals surface area contributed by atoms with E-state index < -0.39 is 11.0 Å². The van der Waals surface area contributed by atoms with Crippen molar-refractivity contribution in [2.24, 2.45) is 5.92 Å². The molecule has 0 fully saturated rings. The lowest BCUT2D eigenvalue weighted by Crippen LogP contribution is -2.28. The molecule has 0 aromatic heterocycles. The first-order chi connectivity index (χ1) is 5.34. The van der Waals surface area contributed by atoms with Gasteiger partial charge in [-0.15, -0.1) is 0 Å². The first-order valence-corrected chi connectivity index (χ1v) is 4.54. The summed E-state index contributed by atoms with van der Waals surface area (Å²) in [5.74, 6) is 0.262. The van der Waals surface area contributed by atoms with Crippen molar-refractivity contribution >= 4 is 15.9 Å².